The molecule has 0 saturated carbocycles. The lowest BCUT2D eigenvalue weighted by atomic mass is 9.88. The minimum atomic E-state index is -1.25. The summed E-state index contributed by atoms with van der Waals surface area (Å²) in [6.45, 7) is 2.50. The second-order valence-corrected chi connectivity index (χ2v) is 6.80. The van der Waals surface area contributed by atoms with Gasteiger partial charge in [-0.3, -0.25) is 4.90 Å². The molecule has 1 atom stereocenters. The molecule has 136 valence electrons. The van der Waals surface area contributed by atoms with Crippen molar-refractivity contribution in [1.29, 1.82) is 0 Å². The number of aryl methyl sites for hydroxylation is 1. The van der Waals surface area contributed by atoms with Crippen LogP contribution in [-0.4, -0.2) is 34.2 Å². The zero-order valence-electron chi connectivity index (χ0n) is 14.9. The molecular formula is C21H23NO4. The molecule has 5 nitrogen and oxygen atoms in total. The summed E-state index contributed by atoms with van der Waals surface area (Å²) in [6, 6.07) is 17.1. The number of carboxylic acid groups (broad SMARTS) is 1. The van der Waals surface area contributed by atoms with Crippen LogP contribution in [0.15, 0.2) is 54.6 Å². The first-order valence-corrected chi connectivity index (χ1v) is 8.78. The van der Waals surface area contributed by atoms with Crippen LogP contribution in [0.1, 0.15) is 29.5 Å². The molecule has 0 spiro atoms. The highest BCUT2D eigenvalue weighted by Gasteiger charge is 2.50. The van der Waals surface area contributed by atoms with Crippen LogP contribution in [0.5, 0.6) is 0 Å². The maximum Gasteiger partial charge on any atom is 0.411 e. The van der Waals surface area contributed by atoms with E-state index in [0.29, 0.717) is 19.4 Å². The fraction of sp³-hybridized carbons (Fsp3) is 0.333. The molecule has 0 unspecified atom stereocenters. The maximum atomic E-state index is 12.6. The third kappa shape index (κ3) is 3.72. The van der Waals surface area contributed by atoms with Crippen molar-refractivity contribution in [3.05, 3.63) is 71.3 Å². The van der Waals surface area contributed by atoms with E-state index in [0.717, 1.165) is 16.7 Å². The number of hydrogen-bond acceptors (Lipinski definition) is 3. The number of amides is 1. The first-order chi connectivity index (χ1) is 12.5. The number of ether oxygens (including phenoxy) is 1. The number of likely N-dealkylation sites (tertiary alicyclic amines) is 1. The average molecular weight is 353 g/mol. The number of benzene rings is 2. The Kier molecular flexibility index (Phi) is 5.26. The standard InChI is InChI=1S/C21H23NO4/c1-16-7-5-10-18(13-16)14-21(19(23)24)11-6-12-22(21)20(25)26-15-17-8-3-2-4-9-17/h2-5,7-10,13H,6,11-12,14-15H2,1H3,(H,23,24)/t21-/m1/s1. The third-order valence-corrected chi connectivity index (χ3v) is 4.89. The second-order valence-electron chi connectivity index (χ2n) is 6.80. The van der Waals surface area contributed by atoms with Gasteiger partial charge in [-0.05, 0) is 30.9 Å². The smallest absolute Gasteiger partial charge is 0.411 e. The van der Waals surface area contributed by atoms with Crippen molar-refractivity contribution in [1.82, 2.24) is 4.90 Å². The van der Waals surface area contributed by atoms with E-state index in [9.17, 15) is 14.7 Å². The maximum absolute atomic E-state index is 12.6. The Morgan fingerprint density at radius 1 is 1.12 bits per heavy atom. The summed E-state index contributed by atoms with van der Waals surface area (Å²) in [6.07, 6.45) is 0.793. The lowest BCUT2D eigenvalue weighted by Gasteiger charge is -2.34. The van der Waals surface area contributed by atoms with E-state index in [-0.39, 0.29) is 13.0 Å². The van der Waals surface area contributed by atoms with Crippen LogP contribution in [0, 0.1) is 6.92 Å². The van der Waals surface area contributed by atoms with Gasteiger partial charge in [-0.25, -0.2) is 9.59 Å². The van der Waals surface area contributed by atoms with E-state index in [4.69, 9.17) is 4.74 Å². The molecule has 1 fully saturated rings. The molecule has 1 saturated heterocycles. The van der Waals surface area contributed by atoms with Crippen molar-refractivity contribution in [2.24, 2.45) is 0 Å². The molecule has 2 aromatic rings. The number of hydrogen-bond donors (Lipinski definition) is 1. The van der Waals surface area contributed by atoms with Crippen LogP contribution in [-0.2, 0) is 22.6 Å². The van der Waals surface area contributed by atoms with Crippen molar-refractivity contribution in [3.63, 3.8) is 0 Å². The van der Waals surface area contributed by atoms with E-state index < -0.39 is 17.6 Å². The topological polar surface area (TPSA) is 66.8 Å². The largest absolute Gasteiger partial charge is 0.479 e. The molecule has 26 heavy (non-hydrogen) atoms. The van der Waals surface area contributed by atoms with Gasteiger partial charge in [0.05, 0.1) is 0 Å². The SMILES string of the molecule is Cc1cccc(C[C@@]2(C(=O)O)CCCN2C(=O)OCc2ccccc2)c1. The summed E-state index contributed by atoms with van der Waals surface area (Å²) in [5, 5.41) is 9.95. The molecule has 2 aromatic carbocycles. The van der Waals surface area contributed by atoms with Crippen LogP contribution >= 0.6 is 0 Å². The van der Waals surface area contributed by atoms with Crippen LogP contribution in [0.2, 0.25) is 0 Å². The lowest BCUT2D eigenvalue weighted by Crippen LogP contribution is -2.54. The van der Waals surface area contributed by atoms with Gasteiger partial charge in [0.15, 0.2) is 0 Å². The van der Waals surface area contributed by atoms with Gasteiger partial charge in [0.25, 0.3) is 0 Å². The normalized spacial score (nSPS) is 19.3. The predicted molar refractivity (Wildman–Crippen MR) is 97.8 cm³/mol. The van der Waals surface area contributed by atoms with Gasteiger partial charge < -0.3 is 9.84 Å². The Labute approximate surface area is 153 Å². The second kappa shape index (κ2) is 7.60. The Morgan fingerprint density at radius 3 is 2.54 bits per heavy atom. The molecule has 0 aliphatic carbocycles. The summed E-state index contributed by atoms with van der Waals surface area (Å²) in [7, 11) is 0. The molecule has 1 aliphatic rings. The fourth-order valence-electron chi connectivity index (χ4n) is 3.58. The highest BCUT2D eigenvalue weighted by atomic mass is 16.6. The minimum absolute atomic E-state index is 0.135. The zero-order chi connectivity index (χ0) is 18.6. The molecule has 3 rings (SSSR count). The number of nitrogens with zero attached hydrogens (tertiary/aromatic N) is 1. The summed E-state index contributed by atoms with van der Waals surface area (Å²) >= 11 is 0. The van der Waals surface area contributed by atoms with E-state index in [2.05, 4.69) is 0 Å². The van der Waals surface area contributed by atoms with Gasteiger partial charge in [-0.1, -0.05) is 60.2 Å². The Hall–Kier alpha value is -2.82. The van der Waals surface area contributed by atoms with Crippen LogP contribution < -0.4 is 0 Å². The summed E-state index contributed by atoms with van der Waals surface area (Å²) < 4.78 is 5.40. The summed E-state index contributed by atoms with van der Waals surface area (Å²) in [4.78, 5) is 26.2. The predicted octanol–water partition coefficient (Wildman–Crippen LogP) is 3.79. The number of carboxylic acids is 1. The van der Waals surface area contributed by atoms with Gasteiger partial charge in [-0.15, -0.1) is 0 Å². The van der Waals surface area contributed by atoms with Gasteiger partial charge in [-0.2, -0.15) is 0 Å². The van der Waals surface area contributed by atoms with Gasteiger partial charge >= 0.3 is 12.1 Å². The zero-order valence-corrected chi connectivity index (χ0v) is 14.9. The molecule has 0 radical (unpaired) electrons. The molecule has 0 aromatic heterocycles. The molecule has 0 bridgehead atoms. The number of rotatable bonds is 5. The van der Waals surface area contributed by atoms with Gasteiger partial charge in [0.2, 0.25) is 0 Å². The van der Waals surface area contributed by atoms with Crippen LogP contribution in [0.25, 0.3) is 0 Å². The van der Waals surface area contributed by atoms with E-state index in [1.54, 1.807) is 0 Å². The van der Waals surface area contributed by atoms with Gasteiger partial charge in [0, 0.05) is 13.0 Å². The first kappa shape index (κ1) is 18.0. The van der Waals surface area contributed by atoms with Crippen molar-refractivity contribution >= 4 is 12.1 Å². The molecule has 1 heterocycles. The monoisotopic (exact) mass is 353 g/mol. The van der Waals surface area contributed by atoms with Crippen molar-refractivity contribution < 1.29 is 19.4 Å². The van der Waals surface area contributed by atoms with Crippen molar-refractivity contribution in [2.75, 3.05) is 6.54 Å². The van der Waals surface area contributed by atoms with E-state index >= 15 is 0 Å². The Balaban J connectivity index is 1.77. The number of carbonyl (C=O) groups excluding carboxylic acids is 1. The Bertz CT molecular complexity index is 790. The van der Waals surface area contributed by atoms with Crippen molar-refractivity contribution in [2.45, 2.75) is 38.3 Å². The highest BCUT2D eigenvalue weighted by Crippen LogP contribution is 2.34. The van der Waals surface area contributed by atoms with Crippen LogP contribution in [0.4, 0.5) is 4.79 Å². The first-order valence-electron chi connectivity index (χ1n) is 8.78. The number of carbonyl (C=O) groups is 2. The third-order valence-electron chi connectivity index (χ3n) is 4.89. The van der Waals surface area contributed by atoms with E-state index in [1.807, 2.05) is 61.5 Å². The molecule has 1 amide bonds. The minimum Gasteiger partial charge on any atom is -0.479 e. The average Bonchev–Trinajstić information content (AvgIpc) is 3.05. The molecular weight excluding hydrogens is 330 g/mol. The van der Waals surface area contributed by atoms with E-state index in [1.165, 1.54) is 4.90 Å². The fourth-order valence-corrected chi connectivity index (χ4v) is 3.58. The summed E-state index contributed by atoms with van der Waals surface area (Å²) in [5.74, 6) is -0.979. The van der Waals surface area contributed by atoms with Gasteiger partial charge in [0.1, 0.15) is 12.1 Å². The van der Waals surface area contributed by atoms with Crippen molar-refractivity contribution in [3.8, 4) is 0 Å². The quantitative estimate of drug-likeness (QED) is 0.888. The highest BCUT2D eigenvalue weighted by molar-refractivity contribution is 5.85. The number of aliphatic carboxylic acids is 1. The molecule has 1 aliphatic heterocycles. The molecule has 5 heteroatoms. The van der Waals surface area contributed by atoms with Crippen LogP contribution in [0.3, 0.4) is 0 Å². The Morgan fingerprint density at radius 2 is 1.85 bits per heavy atom. The summed E-state index contributed by atoms with van der Waals surface area (Å²) in [5.41, 5.74) is 1.61. The lowest BCUT2D eigenvalue weighted by molar-refractivity contribution is -0.148. The molecule has 1 N–H and O–H groups in total.